The second-order valence-corrected chi connectivity index (χ2v) is 15.7. The standard InChI is InChI=1S/C44H49N3O6/c48-34-17-13-28(22-37(34)51)12-15-31-32-5-1-6-35(49)39(32)41(53)40(52)33(31)16-11-27-7-9-29(10-8-27)23-45-25-44(38-24-46-26-47-38)21-3-20-43-19-2-4-30(43)14-18-36(50)42(43)44/h1,5-10,12-13,15,17,22,24,30,36,42,45,48-53H,2-4,11,14,16,18-21,23,25-26H2. The minimum absolute atomic E-state index is 0.140. The van der Waals surface area contributed by atoms with Gasteiger partial charge in [-0.25, -0.2) is 0 Å². The third-order valence-corrected chi connectivity index (χ3v) is 13.0. The van der Waals surface area contributed by atoms with Crippen LogP contribution in [-0.4, -0.2) is 61.9 Å². The van der Waals surface area contributed by atoms with Gasteiger partial charge in [-0.05, 0) is 109 Å². The maximum atomic E-state index is 11.6. The molecule has 9 heteroatoms. The zero-order valence-corrected chi connectivity index (χ0v) is 30.0. The first-order valence-electron chi connectivity index (χ1n) is 19.1. The quantitative estimate of drug-likeness (QED) is 0.0657. The summed E-state index contributed by atoms with van der Waals surface area (Å²) in [5, 5.41) is 68.8. The van der Waals surface area contributed by atoms with E-state index in [4.69, 9.17) is 4.99 Å². The minimum atomic E-state index is -0.366. The Balaban J connectivity index is 0.998. The number of aliphatic hydroxyl groups excluding tert-OH is 1. The van der Waals surface area contributed by atoms with Gasteiger partial charge in [0.1, 0.15) is 12.4 Å². The van der Waals surface area contributed by atoms with E-state index in [9.17, 15) is 30.6 Å². The Morgan fingerprint density at radius 3 is 2.38 bits per heavy atom. The fourth-order valence-electron chi connectivity index (χ4n) is 10.7. The molecule has 1 heterocycles. The second-order valence-electron chi connectivity index (χ2n) is 15.7. The van der Waals surface area contributed by atoms with Crippen molar-refractivity contribution in [3.63, 3.8) is 0 Å². The molecule has 0 amide bonds. The van der Waals surface area contributed by atoms with Crippen LogP contribution in [0.4, 0.5) is 0 Å². The molecular weight excluding hydrogens is 666 g/mol. The predicted molar refractivity (Wildman–Crippen MR) is 209 cm³/mol. The normalized spacial score (nSPS) is 26.6. The summed E-state index contributed by atoms with van der Waals surface area (Å²) in [4.78, 5) is 9.41. The van der Waals surface area contributed by atoms with Crippen molar-refractivity contribution in [3.8, 4) is 28.7 Å². The van der Waals surface area contributed by atoms with Gasteiger partial charge in [0.25, 0.3) is 0 Å². The average molecular weight is 716 g/mol. The summed E-state index contributed by atoms with van der Waals surface area (Å²) < 4.78 is 0. The predicted octanol–water partition coefficient (Wildman–Crippen LogP) is 7.62. The van der Waals surface area contributed by atoms with Crippen molar-refractivity contribution in [2.75, 3.05) is 13.2 Å². The van der Waals surface area contributed by atoms with E-state index in [0.717, 1.165) is 49.1 Å². The highest BCUT2D eigenvalue weighted by Gasteiger charge is 2.63. The van der Waals surface area contributed by atoms with Gasteiger partial charge in [0.05, 0.1) is 17.2 Å². The number of nitrogens with zero attached hydrogens (tertiary/aromatic N) is 2. The molecule has 5 atom stereocenters. The van der Waals surface area contributed by atoms with Crippen molar-refractivity contribution in [2.24, 2.45) is 32.7 Å². The highest BCUT2D eigenvalue weighted by molar-refractivity contribution is 6.34. The lowest BCUT2D eigenvalue weighted by Gasteiger charge is -2.60. The number of aryl methyl sites for hydroxylation is 1. The molecule has 0 saturated heterocycles. The van der Waals surface area contributed by atoms with Crippen molar-refractivity contribution in [1.82, 2.24) is 5.32 Å². The minimum Gasteiger partial charge on any atom is -0.507 e. The molecule has 276 valence electrons. The lowest BCUT2D eigenvalue weighted by molar-refractivity contribution is -0.124. The Hall–Kier alpha value is -4.86. The van der Waals surface area contributed by atoms with Gasteiger partial charge >= 0.3 is 0 Å². The lowest BCUT2D eigenvalue weighted by Crippen LogP contribution is -2.61. The third kappa shape index (κ3) is 6.23. The fourth-order valence-corrected chi connectivity index (χ4v) is 10.7. The molecule has 1 aliphatic heterocycles. The average Bonchev–Trinajstić information content (AvgIpc) is 3.85. The molecule has 7 N–H and O–H groups in total. The van der Waals surface area contributed by atoms with Crippen LogP contribution in [0.1, 0.15) is 79.2 Å². The number of aliphatic imine (C=N–C) groups is 2. The first-order valence-corrected chi connectivity index (χ1v) is 19.1. The molecule has 9 nitrogen and oxygen atoms in total. The second kappa shape index (κ2) is 14.2. The van der Waals surface area contributed by atoms with Crippen molar-refractivity contribution >= 4 is 34.9 Å². The van der Waals surface area contributed by atoms with Gasteiger partial charge in [-0.15, -0.1) is 0 Å². The molecule has 5 unspecified atom stereocenters. The smallest absolute Gasteiger partial charge is 0.169 e. The Morgan fingerprint density at radius 1 is 0.774 bits per heavy atom. The Bertz CT molecular complexity index is 2110. The molecule has 0 aromatic heterocycles. The molecule has 1 spiro atoms. The van der Waals surface area contributed by atoms with Gasteiger partial charge in [-0.1, -0.05) is 67.5 Å². The van der Waals surface area contributed by atoms with Gasteiger partial charge in [0.2, 0.25) is 0 Å². The number of rotatable bonds is 10. The maximum absolute atomic E-state index is 11.6. The van der Waals surface area contributed by atoms with Gasteiger partial charge in [-0.3, -0.25) is 9.98 Å². The zero-order chi connectivity index (χ0) is 36.7. The third-order valence-electron chi connectivity index (χ3n) is 13.0. The Labute approximate surface area is 310 Å². The molecule has 4 aromatic carbocycles. The summed E-state index contributed by atoms with van der Waals surface area (Å²) in [6.45, 7) is 1.93. The van der Waals surface area contributed by atoms with Crippen LogP contribution in [0.5, 0.6) is 28.7 Å². The lowest BCUT2D eigenvalue weighted by atomic mass is 9.45. The summed E-state index contributed by atoms with van der Waals surface area (Å²) in [5.74, 6) is -0.346. The summed E-state index contributed by atoms with van der Waals surface area (Å²) in [5.41, 5.74) is 5.09. The van der Waals surface area contributed by atoms with Gasteiger partial charge in [0, 0.05) is 36.2 Å². The van der Waals surface area contributed by atoms with E-state index in [2.05, 4.69) is 34.6 Å². The van der Waals surface area contributed by atoms with E-state index in [-0.39, 0.29) is 57.0 Å². The SMILES string of the molecule is Oc1ccc(C=Cc2c(CCc3ccc(CNCC4(C5=NCN=C5)CCCC56CCCC5CCC(O)C46)cc3)c(O)c(O)c3c(O)cccc23)cc1O. The highest BCUT2D eigenvalue weighted by atomic mass is 16.3. The van der Waals surface area contributed by atoms with Crippen molar-refractivity contribution in [3.05, 3.63) is 88.5 Å². The number of hydrogen-bond acceptors (Lipinski definition) is 9. The molecule has 4 aliphatic rings. The molecule has 3 aliphatic carbocycles. The molecule has 4 aromatic rings. The van der Waals surface area contributed by atoms with Crippen LogP contribution in [0.15, 0.2) is 70.6 Å². The first-order chi connectivity index (χ1) is 25.7. The number of aromatic hydroxyl groups is 5. The monoisotopic (exact) mass is 715 g/mol. The van der Waals surface area contributed by atoms with Crippen LogP contribution >= 0.6 is 0 Å². The molecule has 0 radical (unpaired) electrons. The summed E-state index contributed by atoms with van der Waals surface area (Å²) in [6, 6.07) is 17.9. The molecule has 3 saturated carbocycles. The number of hydrogen-bond donors (Lipinski definition) is 7. The number of fused-ring (bicyclic) bond motifs is 1. The van der Waals surface area contributed by atoms with Gasteiger partial charge in [0.15, 0.2) is 23.0 Å². The number of phenolic OH excluding ortho intramolecular Hbond substituents is 5. The van der Waals surface area contributed by atoms with Crippen LogP contribution in [-0.2, 0) is 19.4 Å². The van der Waals surface area contributed by atoms with Crippen LogP contribution in [0.3, 0.4) is 0 Å². The molecule has 0 bridgehead atoms. The van der Waals surface area contributed by atoms with Crippen LogP contribution in [0.2, 0.25) is 0 Å². The van der Waals surface area contributed by atoms with Crippen LogP contribution in [0.25, 0.3) is 22.9 Å². The number of nitrogens with one attached hydrogen (secondary N) is 1. The van der Waals surface area contributed by atoms with Gasteiger partial charge < -0.3 is 36.0 Å². The fraction of sp³-hybridized carbons (Fsp3) is 0.409. The number of phenols is 5. The van der Waals surface area contributed by atoms with Gasteiger partial charge in [-0.2, -0.15) is 0 Å². The van der Waals surface area contributed by atoms with Crippen LogP contribution < -0.4 is 5.32 Å². The summed E-state index contributed by atoms with van der Waals surface area (Å²) in [6.07, 6.45) is 15.4. The number of aliphatic hydroxyl groups is 1. The number of benzene rings is 4. The Kier molecular flexibility index (Phi) is 9.41. The van der Waals surface area contributed by atoms with E-state index in [1.165, 1.54) is 43.9 Å². The van der Waals surface area contributed by atoms with Crippen molar-refractivity contribution in [1.29, 1.82) is 0 Å². The summed E-state index contributed by atoms with van der Waals surface area (Å²) >= 11 is 0. The van der Waals surface area contributed by atoms with E-state index >= 15 is 0 Å². The van der Waals surface area contributed by atoms with E-state index < -0.39 is 0 Å². The van der Waals surface area contributed by atoms with Crippen molar-refractivity contribution in [2.45, 2.75) is 76.9 Å². The molecule has 3 fully saturated rings. The molecule has 53 heavy (non-hydrogen) atoms. The van der Waals surface area contributed by atoms with Crippen LogP contribution in [0, 0.1) is 22.7 Å². The molecule has 8 rings (SSSR count). The van der Waals surface area contributed by atoms with E-state index in [0.29, 0.717) is 54.0 Å². The maximum Gasteiger partial charge on any atom is 0.169 e. The molecular formula is C44H49N3O6. The van der Waals surface area contributed by atoms with E-state index in [1.807, 2.05) is 6.21 Å². The topological polar surface area (TPSA) is 158 Å². The highest BCUT2D eigenvalue weighted by Crippen LogP contribution is 2.66. The van der Waals surface area contributed by atoms with Crippen molar-refractivity contribution < 1.29 is 30.6 Å². The first kappa shape index (κ1) is 35.2. The zero-order valence-electron chi connectivity index (χ0n) is 30.0. The Morgan fingerprint density at radius 2 is 1.58 bits per heavy atom. The van der Waals surface area contributed by atoms with E-state index in [1.54, 1.807) is 30.4 Å². The largest absolute Gasteiger partial charge is 0.507 e. The summed E-state index contributed by atoms with van der Waals surface area (Å²) in [7, 11) is 0.